The van der Waals surface area contributed by atoms with Gasteiger partial charge in [0.2, 0.25) is 3.23 Å². The van der Waals surface area contributed by atoms with Crippen LogP contribution >= 0.6 is 31.9 Å². The minimum absolute atomic E-state index is 0.260. The maximum Gasteiger partial charge on any atom is 0.341 e. The molecule has 11 heavy (non-hydrogen) atoms. The first-order chi connectivity index (χ1) is 4.96. The fourth-order valence-corrected chi connectivity index (χ4v) is 1.35. The van der Waals surface area contributed by atoms with E-state index in [0.29, 0.717) is 0 Å². The van der Waals surface area contributed by atoms with E-state index in [9.17, 15) is 9.59 Å². The van der Waals surface area contributed by atoms with Gasteiger partial charge in [0.1, 0.15) is 0 Å². The molecule has 0 spiro atoms. The van der Waals surface area contributed by atoms with Gasteiger partial charge in [0.05, 0.1) is 7.11 Å². The average molecular weight is 288 g/mol. The number of methoxy groups -OCH3 is 1. The van der Waals surface area contributed by atoms with Gasteiger partial charge < -0.3 is 4.74 Å². The van der Waals surface area contributed by atoms with Crippen LogP contribution in [0.15, 0.2) is 0 Å². The molecule has 0 amide bonds. The van der Waals surface area contributed by atoms with Gasteiger partial charge in [0.15, 0.2) is 5.78 Å². The Balaban J connectivity index is 4.44. The molecule has 0 saturated carbocycles. The van der Waals surface area contributed by atoms with Crippen LogP contribution in [-0.4, -0.2) is 22.1 Å². The van der Waals surface area contributed by atoms with E-state index >= 15 is 0 Å². The lowest BCUT2D eigenvalue weighted by atomic mass is 10.2. The van der Waals surface area contributed by atoms with E-state index in [1.807, 2.05) is 0 Å². The van der Waals surface area contributed by atoms with Crippen molar-refractivity contribution in [1.82, 2.24) is 0 Å². The third kappa shape index (κ3) is 2.56. The Kier molecular flexibility index (Phi) is 4.25. The lowest BCUT2D eigenvalue weighted by molar-refractivity contribution is -0.143. The number of hydrogen-bond acceptors (Lipinski definition) is 3. The SMILES string of the molecule is CCC(=O)C(Br)(Br)C(=O)OC. The lowest BCUT2D eigenvalue weighted by Crippen LogP contribution is -2.34. The molecule has 0 aromatic heterocycles. The number of rotatable bonds is 3. The third-order valence-electron chi connectivity index (χ3n) is 1.11. The van der Waals surface area contributed by atoms with Gasteiger partial charge in [-0.2, -0.15) is 0 Å². The Morgan fingerprint density at radius 2 is 1.91 bits per heavy atom. The molecule has 0 aliphatic heterocycles. The molecule has 5 heteroatoms. The maximum atomic E-state index is 11.0. The smallest absolute Gasteiger partial charge is 0.341 e. The van der Waals surface area contributed by atoms with E-state index in [-0.39, 0.29) is 12.2 Å². The number of ketones is 1. The summed E-state index contributed by atoms with van der Waals surface area (Å²) in [7, 11) is 1.22. The highest BCUT2D eigenvalue weighted by Crippen LogP contribution is 2.29. The summed E-state index contributed by atoms with van der Waals surface area (Å²) >= 11 is 5.85. The van der Waals surface area contributed by atoms with E-state index < -0.39 is 9.20 Å². The van der Waals surface area contributed by atoms with E-state index in [4.69, 9.17) is 0 Å². The molecule has 3 nitrogen and oxygen atoms in total. The molecule has 0 aliphatic carbocycles. The number of esters is 1. The molecule has 0 atom stereocenters. The predicted octanol–water partition coefficient (Wildman–Crippen LogP) is 1.62. The monoisotopic (exact) mass is 286 g/mol. The second-order valence-corrected chi connectivity index (χ2v) is 5.29. The molecular weight excluding hydrogens is 280 g/mol. The molecule has 0 saturated heterocycles. The van der Waals surface area contributed by atoms with E-state index in [1.165, 1.54) is 7.11 Å². The van der Waals surface area contributed by atoms with Gasteiger partial charge in [-0.15, -0.1) is 0 Å². The molecule has 0 heterocycles. The number of carbonyl (C=O) groups is 2. The van der Waals surface area contributed by atoms with Crippen LogP contribution in [0.3, 0.4) is 0 Å². The predicted molar refractivity (Wildman–Crippen MR) is 47.9 cm³/mol. The summed E-state index contributed by atoms with van der Waals surface area (Å²) in [6, 6.07) is 0. The Morgan fingerprint density at radius 1 is 1.45 bits per heavy atom. The molecule has 0 aromatic carbocycles. The summed E-state index contributed by atoms with van der Waals surface area (Å²) in [5.41, 5.74) is 0. The number of carbonyl (C=O) groups excluding carboxylic acids is 2. The molecule has 0 fully saturated rings. The second-order valence-electron chi connectivity index (χ2n) is 1.84. The highest BCUT2D eigenvalue weighted by Gasteiger charge is 2.40. The van der Waals surface area contributed by atoms with Crippen LogP contribution in [0.4, 0.5) is 0 Å². The van der Waals surface area contributed by atoms with Crippen molar-refractivity contribution in [3.05, 3.63) is 0 Å². The van der Waals surface area contributed by atoms with Gasteiger partial charge in [-0.05, 0) is 0 Å². The highest BCUT2D eigenvalue weighted by atomic mass is 79.9. The van der Waals surface area contributed by atoms with Crippen molar-refractivity contribution in [2.24, 2.45) is 0 Å². The fraction of sp³-hybridized carbons (Fsp3) is 0.667. The summed E-state index contributed by atoms with van der Waals surface area (Å²) in [6.07, 6.45) is 0.269. The van der Waals surface area contributed by atoms with Gasteiger partial charge in [-0.3, -0.25) is 4.79 Å². The minimum atomic E-state index is -1.36. The summed E-state index contributed by atoms with van der Waals surface area (Å²) < 4.78 is 3.03. The van der Waals surface area contributed by atoms with E-state index in [0.717, 1.165) is 0 Å². The van der Waals surface area contributed by atoms with Gasteiger partial charge in [-0.1, -0.05) is 38.8 Å². The quantitative estimate of drug-likeness (QED) is 0.450. The van der Waals surface area contributed by atoms with Crippen molar-refractivity contribution in [2.45, 2.75) is 16.6 Å². The molecule has 0 unspecified atom stereocenters. The van der Waals surface area contributed by atoms with Crippen molar-refractivity contribution in [3.8, 4) is 0 Å². The van der Waals surface area contributed by atoms with E-state index in [1.54, 1.807) is 6.92 Å². The first-order valence-corrected chi connectivity index (χ1v) is 4.55. The first kappa shape index (κ1) is 11.1. The molecule has 0 rings (SSSR count). The second kappa shape index (κ2) is 4.21. The summed E-state index contributed by atoms with van der Waals surface area (Å²) in [4.78, 5) is 21.9. The zero-order chi connectivity index (χ0) is 9.07. The number of Topliss-reactive ketones (excluding diaryl/α,β-unsaturated/α-hetero) is 1. The number of ether oxygens (including phenoxy) is 1. The van der Waals surface area contributed by atoms with Gasteiger partial charge in [-0.25, -0.2) is 4.79 Å². The Morgan fingerprint density at radius 3 is 2.18 bits per heavy atom. The normalized spacial score (nSPS) is 10.9. The van der Waals surface area contributed by atoms with E-state index in [2.05, 4.69) is 36.6 Å². The molecule has 0 aliphatic rings. The van der Waals surface area contributed by atoms with Crippen molar-refractivity contribution in [2.75, 3.05) is 7.11 Å². The van der Waals surface area contributed by atoms with Crippen LogP contribution in [0.5, 0.6) is 0 Å². The van der Waals surface area contributed by atoms with Crippen LogP contribution in [0, 0.1) is 0 Å². The minimum Gasteiger partial charge on any atom is -0.467 e. The molecule has 0 N–H and O–H groups in total. The molecule has 0 bridgehead atoms. The third-order valence-corrected chi connectivity index (χ3v) is 2.65. The van der Waals surface area contributed by atoms with Crippen LogP contribution in [-0.2, 0) is 14.3 Å². The Labute approximate surface area is 81.7 Å². The Hall–Kier alpha value is 0.1000. The number of halogens is 2. The molecular formula is C6H8Br2O3. The number of hydrogen-bond donors (Lipinski definition) is 0. The zero-order valence-corrected chi connectivity index (χ0v) is 9.36. The topological polar surface area (TPSA) is 43.4 Å². The van der Waals surface area contributed by atoms with Crippen molar-refractivity contribution >= 4 is 43.6 Å². The first-order valence-electron chi connectivity index (χ1n) is 2.96. The maximum absolute atomic E-state index is 11.0. The van der Waals surface area contributed by atoms with Crippen LogP contribution in [0.25, 0.3) is 0 Å². The van der Waals surface area contributed by atoms with Crippen molar-refractivity contribution in [3.63, 3.8) is 0 Å². The summed E-state index contributed by atoms with van der Waals surface area (Å²) in [6.45, 7) is 1.67. The van der Waals surface area contributed by atoms with Crippen molar-refractivity contribution in [1.29, 1.82) is 0 Å². The Bertz CT molecular complexity index is 159. The number of alkyl halides is 2. The van der Waals surface area contributed by atoms with Crippen LogP contribution in [0.1, 0.15) is 13.3 Å². The zero-order valence-electron chi connectivity index (χ0n) is 6.19. The van der Waals surface area contributed by atoms with Crippen LogP contribution in [0.2, 0.25) is 0 Å². The average Bonchev–Trinajstić information content (AvgIpc) is 2.01. The largest absolute Gasteiger partial charge is 0.467 e. The van der Waals surface area contributed by atoms with Crippen LogP contribution < -0.4 is 0 Å². The fourth-order valence-electron chi connectivity index (χ4n) is 0.464. The molecule has 0 radical (unpaired) electrons. The van der Waals surface area contributed by atoms with Gasteiger partial charge in [0, 0.05) is 6.42 Å². The van der Waals surface area contributed by atoms with Gasteiger partial charge in [0.25, 0.3) is 0 Å². The van der Waals surface area contributed by atoms with Crippen molar-refractivity contribution < 1.29 is 14.3 Å². The highest BCUT2D eigenvalue weighted by molar-refractivity contribution is 9.26. The summed E-state index contributed by atoms with van der Waals surface area (Å²) in [5.74, 6) is -0.895. The summed E-state index contributed by atoms with van der Waals surface area (Å²) in [5, 5.41) is 0. The molecule has 64 valence electrons. The standard InChI is InChI=1S/C6H8Br2O3/c1-3-4(9)6(7,8)5(10)11-2/h3H2,1-2H3. The molecule has 0 aromatic rings. The van der Waals surface area contributed by atoms with Gasteiger partial charge >= 0.3 is 5.97 Å². The lowest BCUT2D eigenvalue weighted by Gasteiger charge is -2.14.